The van der Waals surface area contributed by atoms with E-state index in [-0.39, 0.29) is 0 Å². The van der Waals surface area contributed by atoms with Crippen LogP contribution in [-0.2, 0) is 12.8 Å². The van der Waals surface area contributed by atoms with Crippen molar-refractivity contribution in [1.82, 2.24) is 9.97 Å². The smallest absolute Gasteiger partial charge is 0.135 e. The summed E-state index contributed by atoms with van der Waals surface area (Å²) in [5, 5.41) is 0.726. The predicted octanol–water partition coefficient (Wildman–Crippen LogP) is 3.50. The van der Waals surface area contributed by atoms with E-state index in [1.807, 2.05) is 30.3 Å². The molecular weight excluding hydrogens is 258 g/mol. The fourth-order valence-electron chi connectivity index (χ4n) is 2.01. The van der Waals surface area contributed by atoms with Gasteiger partial charge in [0.1, 0.15) is 11.6 Å². The topological polar surface area (TPSA) is 51.8 Å². The fourth-order valence-corrected chi connectivity index (χ4v) is 2.22. The predicted molar refractivity (Wildman–Crippen MR) is 79.2 cm³/mol. The van der Waals surface area contributed by atoms with Gasteiger partial charge < -0.3 is 5.73 Å². The molecule has 4 heteroatoms. The normalized spacial score (nSPS) is 10.9. The second-order valence-corrected chi connectivity index (χ2v) is 5.54. The summed E-state index contributed by atoms with van der Waals surface area (Å²) >= 11 is 5.98. The standard InChI is InChI=1S/C15H18ClN3/c1-10(2)6-13-9-14(17)19-15(18-13)8-11-4-3-5-12(16)7-11/h3-5,7,9-10H,6,8H2,1-2H3,(H2,17,18,19). The molecule has 100 valence electrons. The molecule has 0 unspecified atom stereocenters. The Hall–Kier alpha value is -1.61. The monoisotopic (exact) mass is 275 g/mol. The molecule has 0 spiro atoms. The van der Waals surface area contributed by atoms with Crippen molar-refractivity contribution in [2.24, 2.45) is 5.92 Å². The Bertz CT molecular complexity index is 567. The first-order valence-electron chi connectivity index (χ1n) is 6.39. The molecule has 2 aromatic rings. The molecule has 0 amide bonds. The zero-order chi connectivity index (χ0) is 13.8. The van der Waals surface area contributed by atoms with Crippen LogP contribution in [0.15, 0.2) is 30.3 Å². The minimum Gasteiger partial charge on any atom is -0.384 e. The van der Waals surface area contributed by atoms with Gasteiger partial charge >= 0.3 is 0 Å². The van der Waals surface area contributed by atoms with E-state index < -0.39 is 0 Å². The summed E-state index contributed by atoms with van der Waals surface area (Å²) in [5.74, 6) is 1.83. The van der Waals surface area contributed by atoms with E-state index >= 15 is 0 Å². The average Bonchev–Trinajstić information content (AvgIpc) is 2.26. The van der Waals surface area contributed by atoms with Gasteiger partial charge in [0.2, 0.25) is 0 Å². The molecule has 3 nitrogen and oxygen atoms in total. The summed E-state index contributed by atoms with van der Waals surface area (Å²) in [6.07, 6.45) is 1.56. The number of anilines is 1. The van der Waals surface area contributed by atoms with Crippen LogP contribution in [0.5, 0.6) is 0 Å². The number of hydrogen-bond acceptors (Lipinski definition) is 3. The van der Waals surface area contributed by atoms with Crippen LogP contribution in [0.4, 0.5) is 5.82 Å². The van der Waals surface area contributed by atoms with Gasteiger partial charge in [0.25, 0.3) is 0 Å². The van der Waals surface area contributed by atoms with E-state index in [2.05, 4.69) is 23.8 Å². The summed E-state index contributed by atoms with van der Waals surface area (Å²) in [6.45, 7) is 4.32. The zero-order valence-electron chi connectivity index (χ0n) is 11.2. The van der Waals surface area contributed by atoms with Crippen molar-refractivity contribution < 1.29 is 0 Å². The van der Waals surface area contributed by atoms with Gasteiger partial charge in [0.05, 0.1) is 0 Å². The summed E-state index contributed by atoms with van der Waals surface area (Å²) in [4.78, 5) is 8.85. The van der Waals surface area contributed by atoms with E-state index in [1.165, 1.54) is 0 Å². The van der Waals surface area contributed by atoms with Crippen LogP contribution in [0, 0.1) is 5.92 Å². The highest BCUT2D eigenvalue weighted by Crippen LogP contribution is 2.15. The Morgan fingerprint density at radius 1 is 1.21 bits per heavy atom. The lowest BCUT2D eigenvalue weighted by molar-refractivity contribution is 0.631. The molecule has 0 saturated carbocycles. The maximum atomic E-state index is 5.98. The minimum atomic E-state index is 0.530. The van der Waals surface area contributed by atoms with Crippen LogP contribution in [-0.4, -0.2) is 9.97 Å². The highest BCUT2D eigenvalue weighted by atomic mass is 35.5. The highest BCUT2D eigenvalue weighted by molar-refractivity contribution is 6.30. The number of nitrogens with two attached hydrogens (primary N) is 1. The molecule has 1 heterocycles. The first-order chi connectivity index (χ1) is 9.02. The quantitative estimate of drug-likeness (QED) is 0.929. The molecule has 0 aliphatic carbocycles. The first kappa shape index (κ1) is 13.8. The molecule has 0 aliphatic heterocycles. The van der Waals surface area contributed by atoms with E-state index in [9.17, 15) is 0 Å². The van der Waals surface area contributed by atoms with E-state index in [1.54, 1.807) is 0 Å². The van der Waals surface area contributed by atoms with Crippen molar-refractivity contribution in [2.75, 3.05) is 5.73 Å². The van der Waals surface area contributed by atoms with Crippen molar-refractivity contribution in [3.63, 3.8) is 0 Å². The second-order valence-electron chi connectivity index (χ2n) is 5.11. The molecule has 0 radical (unpaired) electrons. The third-order valence-corrected chi connectivity index (χ3v) is 2.95. The lowest BCUT2D eigenvalue weighted by Crippen LogP contribution is -2.06. The van der Waals surface area contributed by atoms with Crippen LogP contribution in [0.2, 0.25) is 5.02 Å². The third-order valence-electron chi connectivity index (χ3n) is 2.71. The van der Waals surface area contributed by atoms with Crippen LogP contribution in [0.3, 0.4) is 0 Å². The van der Waals surface area contributed by atoms with E-state index in [0.717, 1.165) is 28.5 Å². The van der Waals surface area contributed by atoms with Gasteiger partial charge in [-0.25, -0.2) is 9.97 Å². The molecule has 1 aromatic heterocycles. The van der Waals surface area contributed by atoms with Crippen LogP contribution in [0.1, 0.15) is 30.9 Å². The number of hydrogen-bond donors (Lipinski definition) is 1. The lowest BCUT2D eigenvalue weighted by atomic mass is 10.1. The molecule has 0 aliphatic rings. The van der Waals surface area contributed by atoms with Crippen molar-refractivity contribution in [3.05, 3.63) is 52.4 Å². The second kappa shape index (κ2) is 6.02. The Labute approximate surface area is 118 Å². The third kappa shape index (κ3) is 4.21. The Morgan fingerprint density at radius 2 is 2.00 bits per heavy atom. The van der Waals surface area contributed by atoms with Gasteiger partial charge in [0.15, 0.2) is 0 Å². The molecule has 2 N–H and O–H groups in total. The van der Waals surface area contributed by atoms with E-state index in [0.29, 0.717) is 18.2 Å². The van der Waals surface area contributed by atoms with Gasteiger partial charge in [-0.2, -0.15) is 0 Å². The van der Waals surface area contributed by atoms with Crippen molar-refractivity contribution in [1.29, 1.82) is 0 Å². The summed E-state index contributed by atoms with van der Waals surface area (Å²) in [7, 11) is 0. The molecule has 0 atom stereocenters. The number of nitrogen functional groups attached to an aromatic ring is 1. The Kier molecular flexibility index (Phi) is 4.38. The maximum absolute atomic E-state index is 5.98. The molecule has 19 heavy (non-hydrogen) atoms. The lowest BCUT2D eigenvalue weighted by Gasteiger charge is -2.08. The largest absolute Gasteiger partial charge is 0.384 e. The van der Waals surface area contributed by atoms with Gasteiger partial charge in [-0.3, -0.25) is 0 Å². The average molecular weight is 276 g/mol. The summed E-state index contributed by atoms with van der Waals surface area (Å²) < 4.78 is 0. The maximum Gasteiger partial charge on any atom is 0.135 e. The molecule has 1 aromatic carbocycles. The van der Waals surface area contributed by atoms with Crippen LogP contribution < -0.4 is 5.73 Å². The SMILES string of the molecule is CC(C)Cc1cc(N)nc(Cc2cccc(Cl)c2)n1. The molecular formula is C15H18ClN3. The Balaban J connectivity index is 2.22. The van der Waals surface area contributed by atoms with Crippen LogP contribution >= 0.6 is 11.6 Å². The van der Waals surface area contributed by atoms with Gasteiger partial charge in [-0.1, -0.05) is 37.6 Å². The van der Waals surface area contributed by atoms with Gasteiger partial charge in [-0.05, 0) is 30.0 Å². The minimum absolute atomic E-state index is 0.530. The number of nitrogens with zero attached hydrogens (tertiary/aromatic N) is 2. The Morgan fingerprint density at radius 3 is 2.68 bits per heavy atom. The zero-order valence-corrected chi connectivity index (χ0v) is 12.0. The first-order valence-corrected chi connectivity index (χ1v) is 6.77. The fraction of sp³-hybridized carbons (Fsp3) is 0.333. The summed E-state index contributed by atoms with van der Waals surface area (Å²) in [6, 6.07) is 9.58. The van der Waals surface area contributed by atoms with Crippen molar-refractivity contribution in [3.8, 4) is 0 Å². The molecule has 0 fully saturated rings. The van der Waals surface area contributed by atoms with Crippen molar-refractivity contribution >= 4 is 17.4 Å². The number of rotatable bonds is 4. The number of benzene rings is 1. The van der Waals surface area contributed by atoms with Gasteiger partial charge in [-0.15, -0.1) is 0 Å². The number of aromatic nitrogens is 2. The molecule has 2 rings (SSSR count). The van der Waals surface area contributed by atoms with Crippen LogP contribution in [0.25, 0.3) is 0 Å². The van der Waals surface area contributed by atoms with Gasteiger partial charge in [0, 0.05) is 23.2 Å². The number of halogens is 1. The molecule has 0 saturated heterocycles. The summed E-state index contributed by atoms with van der Waals surface area (Å²) in [5.41, 5.74) is 7.93. The van der Waals surface area contributed by atoms with Crippen molar-refractivity contribution in [2.45, 2.75) is 26.7 Å². The highest BCUT2D eigenvalue weighted by Gasteiger charge is 2.06. The molecule has 0 bridgehead atoms. The van der Waals surface area contributed by atoms with E-state index in [4.69, 9.17) is 17.3 Å².